The van der Waals surface area contributed by atoms with Crippen LogP contribution in [0.4, 0.5) is 11.6 Å². The predicted octanol–water partition coefficient (Wildman–Crippen LogP) is 3.89. The van der Waals surface area contributed by atoms with E-state index in [1.165, 1.54) is 0 Å². The van der Waals surface area contributed by atoms with Crippen molar-refractivity contribution < 1.29 is 4.79 Å². The number of aryl methyl sites for hydroxylation is 2. The molecule has 2 rings (SSSR count). The monoisotopic (exact) mass is 326 g/mol. The van der Waals surface area contributed by atoms with Crippen molar-refractivity contribution in [3.8, 4) is 0 Å². The number of unbranched alkanes of at least 4 members (excludes halogenated alkanes) is 1. The van der Waals surface area contributed by atoms with Crippen LogP contribution in [0.25, 0.3) is 0 Å². The summed E-state index contributed by atoms with van der Waals surface area (Å²) in [5.74, 6) is 0.383. The molecule has 0 fully saturated rings. The number of aromatic nitrogens is 2. The van der Waals surface area contributed by atoms with Crippen LogP contribution >= 0.6 is 0 Å². The first-order valence-electron chi connectivity index (χ1n) is 8.36. The summed E-state index contributed by atoms with van der Waals surface area (Å²) in [7, 11) is 1.96. The molecule has 0 saturated carbocycles. The van der Waals surface area contributed by atoms with Crippen LogP contribution in [0.15, 0.2) is 24.3 Å². The van der Waals surface area contributed by atoms with Crippen molar-refractivity contribution in [1.82, 2.24) is 9.97 Å². The quantitative estimate of drug-likeness (QED) is 0.875. The van der Waals surface area contributed by atoms with Gasteiger partial charge in [0.2, 0.25) is 5.95 Å². The molecule has 0 radical (unpaired) electrons. The molecule has 1 amide bonds. The van der Waals surface area contributed by atoms with Gasteiger partial charge >= 0.3 is 0 Å². The number of carbonyl (C=O) groups is 1. The van der Waals surface area contributed by atoms with Gasteiger partial charge in [0, 0.05) is 25.0 Å². The molecule has 1 N–H and O–H groups in total. The zero-order valence-electron chi connectivity index (χ0n) is 15.2. The van der Waals surface area contributed by atoms with Crippen molar-refractivity contribution in [3.63, 3.8) is 0 Å². The first-order valence-corrected chi connectivity index (χ1v) is 8.36. The second-order valence-corrected chi connectivity index (χ2v) is 6.17. The number of benzene rings is 1. The van der Waals surface area contributed by atoms with Gasteiger partial charge in [0.15, 0.2) is 0 Å². The highest BCUT2D eigenvalue weighted by Crippen LogP contribution is 2.19. The molecule has 1 aromatic carbocycles. The first-order chi connectivity index (χ1) is 11.4. The highest BCUT2D eigenvalue weighted by Gasteiger charge is 2.14. The number of hydrogen-bond acceptors (Lipinski definition) is 4. The van der Waals surface area contributed by atoms with Gasteiger partial charge < -0.3 is 10.2 Å². The van der Waals surface area contributed by atoms with E-state index >= 15 is 0 Å². The fourth-order valence-corrected chi connectivity index (χ4v) is 2.41. The van der Waals surface area contributed by atoms with Gasteiger partial charge in [-0.15, -0.1) is 0 Å². The lowest BCUT2D eigenvalue weighted by Crippen LogP contribution is -2.23. The summed E-state index contributed by atoms with van der Waals surface area (Å²) in [5.41, 5.74) is 4.21. The van der Waals surface area contributed by atoms with Gasteiger partial charge in [0.1, 0.15) is 5.69 Å². The van der Waals surface area contributed by atoms with E-state index in [1.54, 1.807) is 6.07 Å². The van der Waals surface area contributed by atoms with Crippen LogP contribution in [0.2, 0.25) is 0 Å². The largest absolute Gasteiger partial charge is 0.344 e. The fourth-order valence-electron chi connectivity index (χ4n) is 2.41. The number of carbonyl (C=O) groups excluding carboxylic acids is 1. The van der Waals surface area contributed by atoms with Gasteiger partial charge in [-0.3, -0.25) is 4.79 Å². The van der Waals surface area contributed by atoms with Crippen LogP contribution in [0, 0.1) is 20.8 Å². The molecule has 128 valence electrons. The second kappa shape index (κ2) is 7.90. The number of anilines is 2. The fraction of sp³-hybridized carbons (Fsp3) is 0.421. The maximum absolute atomic E-state index is 12.6. The van der Waals surface area contributed by atoms with Gasteiger partial charge in [-0.1, -0.05) is 25.5 Å². The summed E-state index contributed by atoms with van der Waals surface area (Å²) in [5, 5.41) is 2.96. The standard InChI is InChI=1S/C19H26N4O/c1-6-7-11-23(5)19-20-14(3)12-17(22-19)18(24)21-16-10-8-9-13(2)15(16)4/h8-10,12H,6-7,11H2,1-5H3,(H,21,24). The third kappa shape index (κ3) is 4.31. The van der Waals surface area contributed by atoms with E-state index < -0.39 is 0 Å². The summed E-state index contributed by atoms with van der Waals surface area (Å²) in [4.78, 5) is 23.5. The third-order valence-corrected chi connectivity index (χ3v) is 4.12. The van der Waals surface area contributed by atoms with Crippen LogP contribution in [0.1, 0.15) is 47.1 Å². The molecule has 5 nitrogen and oxygen atoms in total. The van der Waals surface area contributed by atoms with Crippen molar-refractivity contribution in [2.24, 2.45) is 0 Å². The number of rotatable bonds is 6. The van der Waals surface area contributed by atoms with E-state index in [4.69, 9.17) is 0 Å². The average molecular weight is 326 g/mol. The maximum atomic E-state index is 12.6. The van der Waals surface area contributed by atoms with Gasteiger partial charge in [-0.05, 0) is 50.5 Å². The van der Waals surface area contributed by atoms with Gasteiger partial charge in [-0.25, -0.2) is 9.97 Å². The number of amides is 1. The Balaban J connectivity index is 2.23. The van der Waals surface area contributed by atoms with Crippen molar-refractivity contribution in [1.29, 1.82) is 0 Å². The Morgan fingerprint density at radius 1 is 1.21 bits per heavy atom. The van der Waals surface area contributed by atoms with E-state index in [0.717, 1.165) is 41.9 Å². The van der Waals surface area contributed by atoms with Crippen LogP contribution in [0.3, 0.4) is 0 Å². The Kier molecular flexibility index (Phi) is 5.90. The van der Waals surface area contributed by atoms with E-state index in [2.05, 4.69) is 22.2 Å². The third-order valence-electron chi connectivity index (χ3n) is 4.12. The molecule has 0 aliphatic heterocycles. The minimum Gasteiger partial charge on any atom is -0.344 e. The number of nitrogens with zero attached hydrogens (tertiary/aromatic N) is 3. The lowest BCUT2D eigenvalue weighted by atomic mass is 10.1. The number of nitrogens with one attached hydrogen (secondary N) is 1. The summed E-state index contributed by atoms with van der Waals surface area (Å²) in [6, 6.07) is 7.59. The SMILES string of the molecule is CCCCN(C)c1nc(C)cc(C(=O)Nc2cccc(C)c2C)n1. The van der Waals surface area contributed by atoms with E-state index in [9.17, 15) is 4.79 Å². The summed E-state index contributed by atoms with van der Waals surface area (Å²) in [6.07, 6.45) is 2.17. The lowest BCUT2D eigenvalue weighted by molar-refractivity contribution is 0.102. The van der Waals surface area contributed by atoms with Crippen molar-refractivity contribution >= 4 is 17.5 Å². The molecular weight excluding hydrogens is 300 g/mol. The van der Waals surface area contributed by atoms with Gasteiger partial charge in [-0.2, -0.15) is 0 Å². The zero-order valence-corrected chi connectivity index (χ0v) is 15.2. The van der Waals surface area contributed by atoms with Crippen LogP contribution in [-0.2, 0) is 0 Å². The lowest BCUT2D eigenvalue weighted by Gasteiger charge is -2.18. The molecule has 0 aliphatic rings. The van der Waals surface area contributed by atoms with Crippen molar-refractivity contribution in [2.45, 2.75) is 40.5 Å². The van der Waals surface area contributed by atoms with Gasteiger partial charge in [0.05, 0.1) is 0 Å². The topological polar surface area (TPSA) is 58.1 Å². The minimum absolute atomic E-state index is 0.209. The molecule has 0 saturated heterocycles. The Hall–Kier alpha value is -2.43. The predicted molar refractivity (Wildman–Crippen MR) is 98.8 cm³/mol. The highest BCUT2D eigenvalue weighted by atomic mass is 16.1. The summed E-state index contributed by atoms with van der Waals surface area (Å²) < 4.78 is 0. The highest BCUT2D eigenvalue weighted by molar-refractivity contribution is 6.03. The molecule has 0 unspecified atom stereocenters. The maximum Gasteiger partial charge on any atom is 0.274 e. The van der Waals surface area contributed by atoms with Crippen molar-refractivity contribution in [2.75, 3.05) is 23.8 Å². The molecule has 1 aromatic heterocycles. The summed E-state index contributed by atoms with van der Waals surface area (Å²) in [6.45, 7) is 8.93. The first kappa shape index (κ1) is 17.9. The van der Waals surface area contributed by atoms with E-state index in [-0.39, 0.29) is 5.91 Å². The molecule has 0 spiro atoms. The van der Waals surface area contributed by atoms with Gasteiger partial charge in [0.25, 0.3) is 5.91 Å². The smallest absolute Gasteiger partial charge is 0.274 e. The molecule has 2 aromatic rings. The normalized spacial score (nSPS) is 10.5. The van der Waals surface area contributed by atoms with E-state index in [0.29, 0.717) is 11.6 Å². The molecule has 0 bridgehead atoms. The summed E-state index contributed by atoms with van der Waals surface area (Å²) >= 11 is 0. The zero-order chi connectivity index (χ0) is 17.7. The Morgan fingerprint density at radius 2 is 1.96 bits per heavy atom. The Morgan fingerprint density at radius 3 is 2.67 bits per heavy atom. The van der Waals surface area contributed by atoms with Crippen LogP contribution < -0.4 is 10.2 Å². The molecular formula is C19H26N4O. The molecule has 0 aliphatic carbocycles. The molecule has 5 heteroatoms. The Bertz CT molecular complexity index is 727. The number of hydrogen-bond donors (Lipinski definition) is 1. The van der Waals surface area contributed by atoms with E-state index in [1.807, 2.05) is 50.9 Å². The second-order valence-electron chi connectivity index (χ2n) is 6.17. The minimum atomic E-state index is -0.209. The van der Waals surface area contributed by atoms with Crippen LogP contribution in [-0.4, -0.2) is 29.5 Å². The van der Waals surface area contributed by atoms with Crippen molar-refractivity contribution in [3.05, 3.63) is 46.8 Å². The molecule has 24 heavy (non-hydrogen) atoms. The Labute approximate surface area is 144 Å². The molecule has 0 atom stereocenters. The molecule has 1 heterocycles. The van der Waals surface area contributed by atoms with Crippen LogP contribution in [0.5, 0.6) is 0 Å². The average Bonchev–Trinajstić information content (AvgIpc) is 2.56.